The van der Waals surface area contributed by atoms with Gasteiger partial charge in [0.1, 0.15) is 0 Å². The number of hydrogen-bond acceptors (Lipinski definition) is 2. The Morgan fingerprint density at radius 1 is 1.10 bits per heavy atom. The summed E-state index contributed by atoms with van der Waals surface area (Å²) in [4.78, 5) is 6.89. The highest BCUT2D eigenvalue weighted by Gasteiger charge is 2.14. The molecule has 0 spiro atoms. The number of likely N-dealkylation sites (tertiary alicyclic amines) is 1. The Kier molecular flexibility index (Phi) is 8.67. The molecule has 1 heterocycles. The summed E-state index contributed by atoms with van der Waals surface area (Å²) in [5, 5.41) is 6.90. The lowest BCUT2D eigenvalue weighted by atomic mass is 10.0. The summed E-state index contributed by atoms with van der Waals surface area (Å²) >= 11 is 0. The first-order valence-corrected chi connectivity index (χ1v) is 8.36. The van der Waals surface area contributed by atoms with E-state index in [9.17, 15) is 0 Å². The van der Waals surface area contributed by atoms with E-state index in [0.717, 1.165) is 25.0 Å². The molecule has 0 amide bonds. The number of hydrogen-bond donors (Lipinski definition) is 2. The Morgan fingerprint density at radius 3 is 2.25 bits per heavy atom. The zero-order valence-electron chi connectivity index (χ0n) is 13.9. The van der Waals surface area contributed by atoms with Crippen molar-refractivity contribution >= 4 is 5.96 Å². The number of aliphatic imine (C=N–C) groups is 1. The summed E-state index contributed by atoms with van der Waals surface area (Å²) in [5.74, 6) is 2.36. The van der Waals surface area contributed by atoms with E-state index in [0.29, 0.717) is 5.92 Å². The minimum absolute atomic E-state index is 0.666. The van der Waals surface area contributed by atoms with Gasteiger partial charge in [-0.15, -0.1) is 0 Å². The quantitative estimate of drug-likeness (QED) is 0.530. The van der Waals surface area contributed by atoms with Crippen molar-refractivity contribution in [1.29, 1.82) is 0 Å². The second kappa shape index (κ2) is 10.0. The lowest BCUT2D eigenvalue weighted by molar-refractivity contribution is 0.287. The maximum Gasteiger partial charge on any atom is 0.190 e. The van der Waals surface area contributed by atoms with Crippen molar-refractivity contribution in [2.75, 3.05) is 39.8 Å². The van der Waals surface area contributed by atoms with Crippen LogP contribution in [0.25, 0.3) is 0 Å². The van der Waals surface area contributed by atoms with Crippen LogP contribution in [0.1, 0.15) is 46.5 Å². The van der Waals surface area contributed by atoms with E-state index in [2.05, 4.69) is 41.3 Å². The number of rotatable bonds is 8. The van der Waals surface area contributed by atoms with Crippen LogP contribution < -0.4 is 10.6 Å². The first-order chi connectivity index (χ1) is 9.69. The van der Waals surface area contributed by atoms with Gasteiger partial charge in [0.15, 0.2) is 5.96 Å². The zero-order valence-corrected chi connectivity index (χ0v) is 13.9. The molecule has 0 saturated carbocycles. The normalized spacial score (nSPS) is 18.6. The van der Waals surface area contributed by atoms with Gasteiger partial charge in [-0.25, -0.2) is 0 Å². The SMILES string of the molecule is CCC(CC)CNC(=NC)NCC(C)CN1CCCC1. The molecule has 4 nitrogen and oxygen atoms in total. The molecule has 20 heavy (non-hydrogen) atoms. The molecule has 1 fully saturated rings. The molecule has 0 aromatic heterocycles. The minimum atomic E-state index is 0.666. The first kappa shape index (κ1) is 17.3. The van der Waals surface area contributed by atoms with Gasteiger partial charge in [0.25, 0.3) is 0 Å². The topological polar surface area (TPSA) is 39.7 Å². The number of nitrogens with zero attached hydrogens (tertiary/aromatic N) is 2. The van der Waals surface area contributed by atoms with Gasteiger partial charge < -0.3 is 15.5 Å². The second-order valence-electron chi connectivity index (χ2n) is 6.13. The van der Waals surface area contributed by atoms with Crippen molar-refractivity contribution in [2.24, 2.45) is 16.8 Å². The molecule has 1 saturated heterocycles. The molecule has 1 aliphatic rings. The molecule has 0 aromatic rings. The Bertz CT molecular complexity index is 268. The highest BCUT2D eigenvalue weighted by Crippen LogP contribution is 2.09. The fourth-order valence-corrected chi connectivity index (χ4v) is 2.78. The average Bonchev–Trinajstić information content (AvgIpc) is 2.96. The van der Waals surface area contributed by atoms with Crippen LogP contribution >= 0.6 is 0 Å². The molecule has 118 valence electrons. The predicted molar refractivity (Wildman–Crippen MR) is 88.3 cm³/mol. The highest BCUT2D eigenvalue weighted by molar-refractivity contribution is 5.79. The third kappa shape index (κ3) is 6.60. The summed E-state index contributed by atoms with van der Waals surface area (Å²) in [6.45, 7) is 12.6. The molecule has 0 radical (unpaired) electrons. The van der Waals surface area contributed by atoms with Gasteiger partial charge in [-0.05, 0) is 37.8 Å². The molecule has 2 N–H and O–H groups in total. The van der Waals surface area contributed by atoms with Gasteiger partial charge >= 0.3 is 0 Å². The maximum absolute atomic E-state index is 4.31. The van der Waals surface area contributed by atoms with Gasteiger partial charge in [0.2, 0.25) is 0 Å². The van der Waals surface area contributed by atoms with Crippen LogP contribution in [0.5, 0.6) is 0 Å². The van der Waals surface area contributed by atoms with Crippen molar-refractivity contribution in [1.82, 2.24) is 15.5 Å². The van der Waals surface area contributed by atoms with Crippen LogP contribution in [0.15, 0.2) is 4.99 Å². The molecule has 4 heteroatoms. The highest BCUT2D eigenvalue weighted by atomic mass is 15.2. The monoisotopic (exact) mass is 282 g/mol. The molecule has 1 unspecified atom stereocenters. The van der Waals surface area contributed by atoms with Gasteiger partial charge in [0.05, 0.1) is 0 Å². The second-order valence-corrected chi connectivity index (χ2v) is 6.13. The summed E-state index contributed by atoms with van der Waals surface area (Å²) in [7, 11) is 1.85. The fourth-order valence-electron chi connectivity index (χ4n) is 2.78. The minimum Gasteiger partial charge on any atom is -0.356 e. The van der Waals surface area contributed by atoms with Crippen molar-refractivity contribution in [2.45, 2.75) is 46.5 Å². The standard InChI is InChI=1S/C16H34N4/c1-5-15(6-2)12-19-16(17-4)18-11-14(3)13-20-9-7-8-10-20/h14-15H,5-13H2,1-4H3,(H2,17,18,19). The van der Waals surface area contributed by atoms with E-state index in [1.807, 2.05) is 7.05 Å². The molecule has 0 bridgehead atoms. The van der Waals surface area contributed by atoms with E-state index < -0.39 is 0 Å². The van der Waals surface area contributed by atoms with Crippen LogP contribution in [0.3, 0.4) is 0 Å². The summed E-state index contributed by atoms with van der Waals surface area (Å²) in [6, 6.07) is 0. The summed E-state index contributed by atoms with van der Waals surface area (Å²) < 4.78 is 0. The van der Waals surface area contributed by atoms with Crippen molar-refractivity contribution in [3.63, 3.8) is 0 Å². The molecular formula is C16H34N4. The van der Waals surface area contributed by atoms with Crippen LogP contribution in [-0.4, -0.2) is 50.6 Å². The molecule has 1 aliphatic heterocycles. The lowest BCUT2D eigenvalue weighted by Gasteiger charge is -2.22. The van der Waals surface area contributed by atoms with Crippen molar-refractivity contribution < 1.29 is 0 Å². The number of guanidine groups is 1. The molecular weight excluding hydrogens is 248 g/mol. The third-order valence-electron chi connectivity index (χ3n) is 4.32. The first-order valence-electron chi connectivity index (χ1n) is 8.36. The zero-order chi connectivity index (χ0) is 14.8. The summed E-state index contributed by atoms with van der Waals surface area (Å²) in [6.07, 6.45) is 5.20. The summed E-state index contributed by atoms with van der Waals surface area (Å²) in [5.41, 5.74) is 0. The molecule has 1 atom stereocenters. The molecule has 1 rings (SSSR count). The van der Waals surface area contributed by atoms with Crippen LogP contribution in [-0.2, 0) is 0 Å². The third-order valence-corrected chi connectivity index (χ3v) is 4.32. The van der Waals surface area contributed by atoms with Gasteiger partial charge in [-0.1, -0.05) is 33.6 Å². The van der Waals surface area contributed by atoms with E-state index in [-0.39, 0.29) is 0 Å². The Morgan fingerprint density at radius 2 is 1.70 bits per heavy atom. The smallest absolute Gasteiger partial charge is 0.190 e. The maximum atomic E-state index is 4.31. The van der Waals surface area contributed by atoms with Crippen molar-refractivity contribution in [3.8, 4) is 0 Å². The van der Waals surface area contributed by atoms with Gasteiger partial charge in [0, 0.05) is 26.7 Å². The van der Waals surface area contributed by atoms with Gasteiger partial charge in [-0.3, -0.25) is 4.99 Å². The Labute approximate surface area is 125 Å². The van der Waals surface area contributed by atoms with E-state index in [1.165, 1.54) is 45.3 Å². The van der Waals surface area contributed by atoms with Crippen LogP contribution in [0, 0.1) is 11.8 Å². The van der Waals surface area contributed by atoms with E-state index >= 15 is 0 Å². The largest absolute Gasteiger partial charge is 0.356 e. The molecule has 0 aliphatic carbocycles. The van der Waals surface area contributed by atoms with E-state index in [1.54, 1.807) is 0 Å². The predicted octanol–water partition coefficient (Wildman–Crippen LogP) is 2.32. The Balaban J connectivity index is 2.19. The van der Waals surface area contributed by atoms with E-state index in [4.69, 9.17) is 0 Å². The lowest BCUT2D eigenvalue weighted by Crippen LogP contribution is -2.42. The average molecular weight is 282 g/mol. The fraction of sp³-hybridized carbons (Fsp3) is 0.938. The van der Waals surface area contributed by atoms with Crippen LogP contribution in [0.2, 0.25) is 0 Å². The van der Waals surface area contributed by atoms with Gasteiger partial charge in [-0.2, -0.15) is 0 Å². The van der Waals surface area contributed by atoms with Crippen molar-refractivity contribution in [3.05, 3.63) is 0 Å². The number of nitrogens with one attached hydrogen (secondary N) is 2. The Hall–Kier alpha value is -0.770. The molecule has 0 aromatic carbocycles. The van der Waals surface area contributed by atoms with Crippen LogP contribution in [0.4, 0.5) is 0 Å².